The molecule has 0 aliphatic carbocycles. The van der Waals surface area contributed by atoms with Gasteiger partial charge in [0.2, 0.25) is 0 Å². The summed E-state index contributed by atoms with van der Waals surface area (Å²) < 4.78 is 5.26. The van der Waals surface area contributed by atoms with Crippen molar-refractivity contribution in [3.05, 3.63) is 21.9 Å². The summed E-state index contributed by atoms with van der Waals surface area (Å²) >= 11 is 1.55. The normalized spacial score (nSPS) is 18.3. The van der Waals surface area contributed by atoms with E-state index in [9.17, 15) is 4.79 Å². The number of hydrogen-bond donors (Lipinski definition) is 1. The lowest BCUT2D eigenvalue weighted by Gasteiger charge is -2.20. The van der Waals surface area contributed by atoms with Crippen LogP contribution in [-0.2, 0) is 4.74 Å². The van der Waals surface area contributed by atoms with Gasteiger partial charge in [0.25, 0.3) is 0 Å². The first-order valence-electron chi connectivity index (χ1n) is 4.67. The number of aromatic carboxylic acids is 1. The SMILES string of the molecule is O=C(O)c1csc(C2CCOCC2)c1. The highest BCUT2D eigenvalue weighted by molar-refractivity contribution is 7.10. The van der Waals surface area contributed by atoms with Crippen molar-refractivity contribution < 1.29 is 14.6 Å². The third-order valence-corrected chi connectivity index (χ3v) is 3.59. The fourth-order valence-corrected chi connectivity index (χ4v) is 2.72. The molecule has 1 N–H and O–H groups in total. The first-order valence-corrected chi connectivity index (χ1v) is 5.55. The topological polar surface area (TPSA) is 46.5 Å². The van der Waals surface area contributed by atoms with Crippen LogP contribution in [0.4, 0.5) is 0 Å². The van der Waals surface area contributed by atoms with Crippen molar-refractivity contribution in [2.75, 3.05) is 13.2 Å². The van der Waals surface area contributed by atoms with Crippen molar-refractivity contribution in [3.63, 3.8) is 0 Å². The Labute approximate surface area is 86.3 Å². The number of hydrogen-bond acceptors (Lipinski definition) is 3. The molecule has 1 saturated heterocycles. The Morgan fingerprint density at radius 3 is 2.79 bits per heavy atom. The molecule has 0 radical (unpaired) electrons. The Balaban J connectivity index is 2.11. The standard InChI is InChI=1S/C10H12O3S/c11-10(12)8-5-9(14-6-8)7-1-3-13-4-2-7/h5-7H,1-4H2,(H,11,12). The van der Waals surface area contributed by atoms with Gasteiger partial charge in [-0.3, -0.25) is 0 Å². The molecule has 1 aromatic rings. The van der Waals surface area contributed by atoms with Crippen LogP contribution >= 0.6 is 11.3 Å². The second-order valence-electron chi connectivity index (χ2n) is 3.43. The van der Waals surface area contributed by atoms with E-state index < -0.39 is 5.97 Å². The molecular formula is C10H12O3S. The molecule has 1 fully saturated rings. The first-order chi connectivity index (χ1) is 6.77. The first kappa shape index (κ1) is 9.68. The molecule has 1 aromatic heterocycles. The average molecular weight is 212 g/mol. The zero-order valence-corrected chi connectivity index (χ0v) is 8.55. The van der Waals surface area contributed by atoms with Crippen LogP contribution in [0.3, 0.4) is 0 Å². The van der Waals surface area contributed by atoms with Gasteiger partial charge in [-0.05, 0) is 24.8 Å². The second kappa shape index (κ2) is 4.11. The van der Waals surface area contributed by atoms with Crippen molar-refractivity contribution in [3.8, 4) is 0 Å². The maximum Gasteiger partial charge on any atom is 0.336 e. The maximum atomic E-state index is 10.7. The molecule has 0 saturated carbocycles. The van der Waals surface area contributed by atoms with Gasteiger partial charge in [0.1, 0.15) is 0 Å². The van der Waals surface area contributed by atoms with Crippen LogP contribution in [0.1, 0.15) is 34.0 Å². The third-order valence-electron chi connectivity index (χ3n) is 2.49. The number of thiophene rings is 1. The van der Waals surface area contributed by atoms with Crippen molar-refractivity contribution in [1.82, 2.24) is 0 Å². The molecule has 76 valence electrons. The Bertz CT molecular complexity index is 326. The smallest absolute Gasteiger partial charge is 0.336 e. The Morgan fingerprint density at radius 2 is 2.21 bits per heavy atom. The number of carboxylic acid groups (broad SMARTS) is 1. The van der Waals surface area contributed by atoms with Crippen LogP contribution in [0.15, 0.2) is 11.4 Å². The maximum absolute atomic E-state index is 10.7. The molecule has 0 aromatic carbocycles. The van der Waals surface area contributed by atoms with Gasteiger partial charge in [0.05, 0.1) is 5.56 Å². The molecular weight excluding hydrogens is 200 g/mol. The second-order valence-corrected chi connectivity index (χ2v) is 4.37. The van der Waals surface area contributed by atoms with Crippen LogP contribution in [0.5, 0.6) is 0 Å². The minimum Gasteiger partial charge on any atom is -0.478 e. The zero-order chi connectivity index (χ0) is 9.97. The van der Waals surface area contributed by atoms with Gasteiger partial charge < -0.3 is 9.84 Å². The van der Waals surface area contributed by atoms with E-state index in [0.717, 1.165) is 26.1 Å². The Kier molecular flexibility index (Phi) is 2.84. The van der Waals surface area contributed by atoms with Crippen molar-refractivity contribution >= 4 is 17.3 Å². The molecule has 3 nitrogen and oxygen atoms in total. The number of ether oxygens (including phenoxy) is 1. The number of rotatable bonds is 2. The van der Waals surface area contributed by atoms with E-state index in [1.165, 1.54) is 4.88 Å². The summed E-state index contributed by atoms with van der Waals surface area (Å²) in [6.07, 6.45) is 2.03. The van der Waals surface area contributed by atoms with E-state index in [4.69, 9.17) is 9.84 Å². The van der Waals surface area contributed by atoms with E-state index in [0.29, 0.717) is 11.5 Å². The van der Waals surface area contributed by atoms with E-state index in [-0.39, 0.29) is 0 Å². The summed E-state index contributed by atoms with van der Waals surface area (Å²) in [6.45, 7) is 1.59. The quantitative estimate of drug-likeness (QED) is 0.818. The molecule has 2 rings (SSSR count). The minimum absolute atomic E-state index is 0.413. The average Bonchev–Trinajstić information content (AvgIpc) is 2.68. The number of carbonyl (C=O) groups is 1. The molecule has 1 aliphatic rings. The predicted octanol–water partition coefficient (Wildman–Crippen LogP) is 2.34. The monoisotopic (exact) mass is 212 g/mol. The van der Waals surface area contributed by atoms with Crippen LogP contribution in [0.25, 0.3) is 0 Å². The summed E-state index contributed by atoms with van der Waals surface area (Å²) in [5.74, 6) is -0.332. The predicted molar refractivity (Wildman–Crippen MR) is 54.1 cm³/mol. The summed E-state index contributed by atoms with van der Waals surface area (Å²) in [4.78, 5) is 11.9. The molecule has 0 bridgehead atoms. The van der Waals surface area contributed by atoms with E-state index >= 15 is 0 Å². The Hall–Kier alpha value is -0.870. The van der Waals surface area contributed by atoms with Gasteiger partial charge >= 0.3 is 5.97 Å². The fourth-order valence-electron chi connectivity index (χ4n) is 1.66. The molecule has 0 unspecified atom stereocenters. The molecule has 0 atom stereocenters. The van der Waals surface area contributed by atoms with Gasteiger partial charge in [-0.15, -0.1) is 11.3 Å². The summed E-state index contributed by atoms with van der Waals surface area (Å²) in [5.41, 5.74) is 0.413. The van der Waals surface area contributed by atoms with Crippen LogP contribution in [-0.4, -0.2) is 24.3 Å². The largest absolute Gasteiger partial charge is 0.478 e. The highest BCUT2D eigenvalue weighted by Gasteiger charge is 2.18. The van der Waals surface area contributed by atoms with Gasteiger partial charge in [-0.25, -0.2) is 4.79 Å². The van der Waals surface area contributed by atoms with Crippen LogP contribution in [0.2, 0.25) is 0 Å². The van der Waals surface area contributed by atoms with E-state index in [1.807, 2.05) is 0 Å². The molecule has 14 heavy (non-hydrogen) atoms. The van der Waals surface area contributed by atoms with Gasteiger partial charge in [-0.1, -0.05) is 0 Å². The van der Waals surface area contributed by atoms with Gasteiger partial charge in [0, 0.05) is 23.5 Å². The molecule has 0 spiro atoms. The third kappa shape index (κ3) is 1.96. The van der Waals surface area contributed by atoms with Crippen LogP contribution in [0, 0.1) is 0 Å². The van der Waals surface area contributed by atoms with Crippen molar-refractivity contribution in [2.45, 2.75) is 18.8 Å². The Morgan fingerprint density at radius 1 is 1.50 bits per heavy atom. The number of carboxylic acids is 1. The molecule has 2 heterocycles. The lowest BCUT2D eigenvalue weighted by molar-refractivity contribution is 0.0697. The summed E-state index contributed by atoms with van der Waals surface area (Å²) in [7, 11) is 0. The van der Waals surface area contributed by atoms with E-state index in [2.05, 4.69) is 0 Å². The summed E-state index contributed by atoms with van der Waals surface area (Å²) in [6, 6.07) is 1.79. The molecule has 0 amide bonds. The summed E-state index contributed by atoms with van der Waals surface area (Å²) in [5, 5.41) is 10.5. The van der Waals surface area contributed by atoms with Gasteiger partial charge in [-0.2, -0.15) is 0 Å². The van der Waals surface area contributed by atoms with Crippen LogP contribution < -0.4 is 0 Å². The minimum atomic E-state index is -0.834. The van der Waals surface area contributed by atoms with Gasteiger partial charge in [0.15, 0.2) is 0 Å². The highest BCUT2D eigenvalue weighted by Crippen LogP contribution is 2.31. The van der Waals surface area contributed by atoms with Crippen molar-refractivity contribution in [1.29, 1.82) is 0 Å². The molecule has 1 aliphatic heterocycles. The fraction of sp³-hybridized carbons (Fsp3) is 0.500. The van der Waals surface area contributed by atoms with Crippen molar-refractivity contribution in [2.24, 2.45) is 0 Å². The lowest BCUT2D eigenvalue weighted by atomic mass is 9.98. The molecule has 4 heteroatoms. The van der Waals surface area contributed by atoms with E-state index in [1.54, 1.807) is 22.8 Å². The highest BCUT2D eigenvalue weighted by atomic mass is 32.1. The zero-order valence-electron chi connectivity index (χ0n) is 7.73. The lowest BCUT2D eigenvalue weighted by Crippen LogP contribution is -2.13.